The average molecular weight is 334 g/mol. The third-order valence-electron chi connectivity index (χ3n) is 3.68. The van der Waals surface area contributed by atoms with Crippen molar-refractivity contribution in [3.63, 3.8) is 0 Å². The number of benzene rings is 3. The first-order chi connectivity index (χ1) is 11.4. The lowest BCUT2D eigenvalue weighted by molar-refractivity contribution is 0.479. The summed E-state index contributed by atoms with van der Waals surface area (Å²) in [6.07, 6.45) is 0. The summed E-state index contributed by atoms with van der Waals surface area (Å²) in [5, 5.41) is 10.9. The quantitative estimate of drug-likeness (QED) is 0.543. The average Bonchev–Trinajstić information content (AvgIpc) is 2.56. The van der Waals surface area contributed by atoms with E-state index in [9.17, 15) is 5.11 Å². The molecule has 0 spiro atoms. The van der Waals surface area contributed by atoms with Crippen molar-refractivity contribution in [3.05, 3.63) is 72.8 Å². The Hall–Kier alpha value is -2.19. The fourth-order valence-corrected chi connectivity index (χ4v) is 3.76. The van der Waals surface area contributed by atoms with Gasteiger partial charge in [-0.1, -0.05) is 81.4 Å². The van der Waals surface area contributed by atoms with Crippen LogP contribution >= 0.6 is 11.8 Å². The molecule has 1 nitrogen and oxygen atoms in total. The maximum atomic E-state index is 10.9. The van der Waals surface area contributed by atoms with E-state index >= 15 is 0 Å². The molecule has 0 aromatic heterocycles. The van der Waals surface area contributed by atoms with E-state index in [4.69, 9.17) is 0 Å². The van der Waals surface area contributed by atoms with E-state index in [1.807, 2.05) is 72.4 Å². The van der Waals surface area contributed by atoms with Crippen LogP contribution in [0.15, 0.2) is 77.7 Å². The molecule has 3 aromatic carbocycles. The van der Waals surface area contributed by atoms with Crippen molar-refractivity contribution in [3.8, 4) is 28.0 Å². The molecule has 2 heteroatoms. The third-order valence-corrected chi connectivity index (χ3v) is 4.76. The molecule has 0 aliphatic heterocycles. The topological polar surface area (TPSA) is 20.2 Å². The van der Waals surface area contributed by atoms with Gasteiger partial charge in [0.2, 0.25) is 0 Å². The fourth-order valence-electron chi connectivity index (χ4n) is 2.70. The van der Waals surface area contributed by atoms with Gasteiger partial charge in [0.25, 0.3) is 0 Å². The molecule has 0 amide bonds. The van der Waals surface area contributed by atoms with E-state index in [-0.39, 0.29) is 4.75 Å². The highest BCUT2D eigenvalue weighted by Crippen LogP contribution is 2.43. The molecule has 0 heterocycles. The standard InChI is InChI=1S/C22H22OS/c1-22(2,3)24-18-14-19(16-10-6-4-7-11-16)21(23)20(15-18)17-12-8-5-9-13-17/h4-15,23H,1-3H3. The molecule has 0 saturated heterocycles. The van der Waals surface area contributed by atoms with Crippen LogP contribution in [0.25, 0.3) is 22.3 Å². The van der Waals surface area contributed by atoms with Gasteiger partial charge in [-0.15, -0.1) is 11.8 Å². The predicted octanol–water partition coefficient (Wildman–Crippen LogP) is 6.62. The minimum Gasteiger partial charge on any atom is -0.507 e. The van der Waals surface area contributed by atoms with Crippen LogP contribution in [-0.4, -0.2) is 9.85 Å². The van der Waals surface area contributed by atoms with Crippen LogP contribution < -0.4 is 0 Å². The second-order valence-electron chi connectivity index (χ2n) is 6.81. The summed E-state index contributed by atoms with van der Waals surface area (Å²) in [4.78, 5) is 1.16. The highest BCUT2D eigenvalue weighted by Gasteiger charge is 2.17. The maximum absolute atomic E-state index is 10.9. The molecule has 3 aromatic rings. The van der Waals surface area contributed by atoms with E-state index in [0.29, 0.717) is 5.75 Å². The minimum absolute atomic E-state index is 0.110. The molecule has 0 atom stereocenters. The van der Waals surface area contributed by atoms with Crippen molar-refractivity contribution in [2.24, 2.45) is 0 Å². The molecule has 122 valence electrons. The first kappa shape index (κ1) is 16.7. The van der Waals surface area contributed by atoms with Crippen molar-refractivity contribution < 1.29 is 5.11 Å². The number of phenols is 1. The monoisotopic (exact) mass is 334 g/mol. The van der Waals surface area contributed by atoms with Crippen LogP contribution in [0.2, 0.25) is 0 Å². The van der Waals surface area contributed by atoms with Crippen LogP contribution in [-0.2, 0) is 0 Å². The van der Waals surface area contributed by atoms with Gasteiger partial charge in [-0.05, 0) is 23.3 Å². The Bertz CT molecular complexity index is 757. The third kappa shape index (κ3) is 3.82. The lowest BCUT2D eigenvalue weighted by Crippen LogP contribution is -2.06. The second-order valence-corrected chi connectivity index (χ2v) is 8.71. The Morgan fingerprint density at radius 3 is 1.50 bits per heavy atom. The van der Waals surface area contributed by atoms with Crippen LogP contribution in [0.3, 0.4) is 0 Å². The number of hydrogen-bond acceptors (Lipinski definition) is 2. The summed E-state index contributed by atoms with van der Waals surface area (Å²) in [5.41, 5.74) is 3.82. The van der Waals surface area contributed by atoms with Gasteiger partial charge in [0, 0.05) is 20.8 Å². The summed E-state index contributed by atoms with van der Waals surface area (Å²) in [6, 6.07) is 24.3. The molecule has 0 aliphatic carbocycles. The van der Waals surface area contributed by atoms with E-state index in [1.165, 1.54) is 0 Å². The highest BCUT2D eigenvalue weighted by atomic mass is 32.2. The second kappa shape index (κ2) is 6.74. The van der Waals surface area contributed by atoms with Gasteiger partial charge in [0.15, 0.2) is 0 Å². The number of thioether (sulfide) groups is 1. The van der Waals surface area contributed by atoms with Gasteiger partial charge in [0.1, 0.15) is 5.75 Å². The summed E-state index contributed by atoms with van der Waals surface area (Å²) in [6.45, 7) is 6.61. The van der Waals surface area contributed by atoms with E-state index in [0.717, 1.165) is 27.1 Å². The Labute approximate surface area is 148 Å². The van der Waals surface area contributed by atoms with Crippen molar-refractivity contribution in [1.29, 1.82) is 0 Å². The molecule has 0 aliphatic rings. The fraction of sp³-hybridized carbons (Fsp3) is 0.182. The number of hydrogen-bond donors (Lipinski definition) is 1. The van der Waals surface area contributed by atoms with Crippen LogP contribution in [0.1, 0.15) is 20.8 Å². The van der Waals surface area contributed by atoms with E-state index in [2.05, 4.69) is 32.9 Å². The maximum Gasteiger partial charge on any atom is 0.131 e. The largest absolute Gasteiger partial charge is 0.507 e. The molecule has 0 radical (unpaired) electrons. The first-order valence-electron chi connectivity index (χ1n) is 8.11. The minimum atomic E-state index is 0.110. The Kier molecular flexibility index (Phi) is 4.68. The van der Waals surface area contributed by atoms with Crippen molar-refractivity contribution in [1.82, 2.24) is 0 Å². The molecule has 24 heavy (non-hydrogen) atoms. The molecule has 0 fully saturated rings. The van der Waals surface area contributed by atoms with Gasteiger partial charge in [0.05, 0.1) is 0 Å². The van der Waals surface area contributed by atoms with Crippen LogP contribution in [0, 0.1) is 0 Å². The zero-order chi connectivity index (χ0) is 17.2. The van der Waals surface area contributed by atoms with Gasteiger partial charge in [-0.3, -0.25) is 0 Å². The predicted molar refractivity (Wildman–Crippen MR) is 105 cm³/mol. The lowest BCUT2D eigenvalue weighted by Gasteiger charge is -2.20. The number of rotatable bonds is 3. The zero-order valence-electron chi connectivity index (χ0n) is 14.3. The van der Waals surface area contributed by atoms with Crippen molar-refractivity contribution in [2.45, 2.75) is 30.4 Å². The Morgan fingerprint density at radius 2 is 1.12 bits per heavy atom. The van der Waals surface area contributed by atoms with E-state index in [1.54, 1.807) is 0 Å². The van der Waals surface area contributed by atoms with Crippen molar-refractivity contribution in [2.75, 3.05) is 0 Å². The Morgan fingerprint density at radius 1 is 0.708 bits per heavy atom. The number of aromatic hydroxyl groups is 1. The summed E-state index contributed by atoms with van der Waals surface area (Å²) in [5.74, 6) is 0.339. The summed E-state index contributed by atoms with van der Waals surface area (Å²) in [7, 11) is 0. The molecular formula is C22H22OS. The SMILES string of the molecule is CC(C)(C)Sc1cc(-c2ccccc2)c(O)c(-c2ccccc2)c1. The lowest BCUT2D eigenvalue weighted by atomic mass is 9.97. The van der Waals surface area contributed by atoms with Crippen LogP contribution in [0.4, 0.5) is 0 Å². The summed E-state index contributed by atoms with van der Waals surface area (Å²) >= 11 is 1.82. The Balaban J connectivity index is 2.20. The molecule has 0 saturated carbocycles. The summed E-state index contributed by atoms with van der Waals surface area (Å²) < 4.78 is 0.110. The molecule has 0 bridgehead atoms. The van der Waals surface area contributed by atoms with E-state index < -0.39 is 0 Å². The zero-order valence-corrected chi connectivity index (χ0v) is 15.1. The molecule has 0 unspecified atom stereocenters. The van der Waals surface area contributed by atoms with Gasteiger partial charge >= 0.3 is 0 Å². The molecular weight excluding hydrogens is 312 g/mol. The van der Waals surface area contributed by atoms with Crippen molar-refractivity contribution >= 4 is 11.8 Å². The first-order valence-corrected chi connectivity index (χ1v) is 8.92. The van der Waals surface area contributed by atoms with Gasteiger partial charge in [-0.25, -0.2) is 0 Å². The van der Waals surface area contributed by atoms with Gasteiger partial charge in [-0.2, -0.15) is 0 Å². The normalized spacial score (nSPS) is 11.5. The smallest absolute Gasteiger partial charge is 0.131 e. The highest BCUT2D eigenvalue weighted by molar-refractivity contribution is 8.00. The molecule has 3 rings (SSSR count). The van der Waals surface area contributed by atoms with Crippen LogP contribution in [0.5, 0.6) is 5.75 Å². The molecule has 1 N–H and O–H groups in total. The van der Waals surface area contributed by atoms with Gasteiger partial charge < -0.3 is 5.11 Å². The number of phenolic OH excluding ortho intramolecular Hbond substituents is 1.